The van der Waals surface area contributed by atoms with Crippen LogP contribution in [0.1, 0.15) is 19.8 Å². The number of hydrogen-bond donors (Lipinski definition) is 1. The van der Waals surface area contributed by atoms with Crippen molar-refractivity contribution >= 4 is 17.3 Å². The number of imidazole rings is 1. The van der Waals surface area contributed by atoms with Crippen molar-refractivity contribution < 1.29 is 0 Å². The van der Waals surface area contributed by atoms with E-state index < -0.39 is 0 Å². The predicted octanol–water partition coefficient (Wildman–Crippen LogP) is 2.01. The molecular weight excluding hydrogens is 226 g/mol. The van der Waals surface area contributed by atoms with Crippen molar-refractivity contribution in [1.29, 1.82) is 0 Å². The molecule has 1 aliphatic rings. The average molecular weight is 245 g/mol. The van der Waals surface area contributed by atoms with Crippen LogP contribution in [0, 0.1) is 5.92 Å². The van der Waals surface area contributed by atoms with E-state index in [2.05, 4.69) is 27.1 Å². The van der Waals surface area contributed by atoms with Crippen LogP contribution in [0.4, 0.5) is 11.6 Å². The van der Waals surface area contributed by atoms with Gasteiger partial charge in [-0.15, -0.1) is 0 Å². The molecule has 0 aliphatic carbocycles. The van der Waals surface area contributed by atoms with E-state index in [1.807, 2.05) is 30.0 Å². The van der Waals surface area contributed by atoms with Crippen molar-refractivity contribution in [3.63, 3.8) is 0 Å². The molecule has 18 heavy (non-hydrogen) atoms. The lowest BCUT2D eigenvalue weighted by atomic mass is 9.99. The molecule has 0 amide bonds. The molecule has 0 aromatic carbocycles. The molecule has 0 saturated carbocycles. The number of aromatic nitrogens is 3. The van der Waals surface area contributed by atoms with E-state index in [9.17, 15) is 0 Å². The van der Waals surface area contributed by atoms with Gasteiger partial charge in [0.15, 0.2) is 11.5 Å². The lowest BCUT2D eigenvalue weighted by Gasteiger charge is -2.31. The van der Waals surface area contributed by atoms with Crippen LogP contribution in [0.15, 0.2) is 18.6 Å². The van der Waals surface area contributed by atoms with Crippen molar-refractivity contribution in [2.45, 2.75) is 19.8 Å². The monoisotopic (exact) mass is 245 g/mol. The summed E-state index contributed by atoms with van der Waals surface area (Å²) in [6, 6.07) is 0. The van der Waals surface area contributed by atoms with Gasteiger partial charge in [-0.1, -0.05) is 6.92 Å². The average Bonchev–Trinajstić information content (AvgIpc) is 2.86. The molecule has 96 valence electrons. The second kappa shape index (κ2) is 4.48. The van der Waals surface area contributed by atoms with Crippen molar-refractivity contribution in [3.8, 4) is 0 Å². The van der Waals surface area contributed by atoms with Crippen LogP contribution in [0.5, 0.6) is 0 Å². The molecule has 0 atom stereocenters. The summed E-state index contributed by atoms with van der Waals surface area (Å²) in [4.78, 5) is 11.4. The van der Waals surface area contributed by atoms with Crippen LogP contribution in [0.3, 0.4) is 0 Å². The van der Waals surface area contributed by atoms with Crippen LogP contribution in [-0.4, -0.2) is 34.5 Å². The second-order valence-corrected chi connectivity index (χ2v) is 5.03. The molecule has 0 bridgehead atoms. The molecule has 0 unspecified atom stereocenters. The second-order valence-electron chi connectivity index (χ2n) is 5.03. The Kier molecular flexibility index (Phi) is 2.81. The molecule has 0 radical (unpaired) electrons. The lowest BCUT2D eigenvalue weighted by molar-refractivity contribution is 0.437. The zero-order valence-corrected chi connectivity index (χ0v) is 10.9. The first-order chi connectivity index (χ1) is 8.78. The topological polar surface area (TPSA) is 45.5 Å². The van der Waals surface area contributed by atoms with Crippen LogP contribution in [-0.2, 0) is 0 Å². The normalized spacial score (nSPS) is 17.3. The summed E-state index contributed by atoms with van der Waals surface area (Å²) in [7, 11) is 1.90. The largest absolute Gasteiger partial charge is 0.372 e. The van der Waals surface area contributed by atoms with E-state index in [1.165, 1.54) is 12.8 Å². The first kappa shape index (κ1) is 11.3. The minimum Gasteiger partial charge on any atom is -0.372 e. The molecule has 1 aliphatic heterocycles. The minimum atomic E-state index is 0.824. The summed E-state index contributed by atoms with van der Waals surface area (Å²) in [6.07, 6.45) is 8.23. The molecule has 1 N–H and O–H groups in total. The Bertz CT molecular complexity index is 539. The Morgan fingerprint density at radius 3 is 2.83 bits per heavy atom. The van der Waals surface area contributed by atoms with Gasteiger partial charge in [0.2, 0.25) is 0 Å². The first-order valence-corrected chi connectivity index (χ1v) is 6.54. The van der Waals surface area contributed by atoms with Crippen molar-refractivity contribution in [2.24, 2.45) is 5.92 Å². The molecule has 1 fully saturated rings. The molecular formula is C13H19N5. The van der Waals surface area contributed by atoms with Gasteiger partial charge in [0, 0.05) is 32.5 Å². The minimum absolute atomic E-state index is 0.824. The maximum absolute atomic E-state index is 4.67. The summed E-state index contributed by atoms with van der Waals surface area (Å²) < 4.78 is 2.03. The van der Waals surface area contributed by atoms with Crippen molar-refractivity contribution in [2.75, 3.05) is 30.4 Å². The highest BCUT2D eigenvalue weighted by atomic mass is 15.2. The highest BCUT2D eigenvalue weighted by Crippen LogP contribution is 2.25. The third-order valence-electron chi connectivity index (χ3n) is 3.70. The molecule has 5 heteroatoms. The van der Waals surface area contributed by atoms with E-state index >= 15 is 0 Å². The van der Waals surface area contributed by atoms with Gasteiger partial charge in [0.25, 0.3) is 0 Å². The molecule has 5 nitrogen and oxygen atoms in total. The Labute approximate surface area is 107 Å². The van der Waals surface area contributed by atoms with E-state index in [-0.39, 0.29) is 0 Å². The standard InChI is InChI=1S/C13H19N5/c1-10-3-6-17(7-4-10)13-12-15-5-8-18(12)9-11(14-2)16-13/h5,8-10,14H,3-4,6-7H2,1-2H3. The molecule has 3 heterocycles. The van der Waals surface area contributed by atoms with Crippen molar-refractivity contribution in [3.05, 3.63) is 18.6 Å². The highest BCUT2D eigenvalue weighted by Gasteiger charge is 2.20. The van der Waals surface area contributed by atoms with Crippen LogP contribution < -0.4 is 10.2 Å². The molecule has 1 saturated heterocycles. The Morgan fingerprint density at radius 2 is 2.11 bits per heavy atom. The van der Waals surface area contributed by atoms with Crippen LogP contribution in [0.25, 0.3) is 5.65 Å². The summed E-state index contributed by atoms with van der Waals surface area (Å²) in [5, 5.41) is 3.11. The van der Waals surface area contributed by atoms with Crippen LogP contribution >= 0.6 is 0 Å². The Hall–Kier alpha value is -1.78. The molecule has 2 aromatic heterocycles. The van der Waals surface area contributed by atoms with E-state index in [0.29, 0.717) is 0 Å². The Balaban J connectivity index is 2.01. The fourth-order valence-electron chi connectivity index (χ4n) is 2.47. The third kappa shape index (κ3) is 1.89. The first-order valence-electron chi connectivity index (χ1n) is 6.54. The van der Waals surface area contributed by atoms with Gasteiger partial charge in [0.1, 0.15) is 5.82 Å². The van der Waals surface area contributed by atoms with Gasteiger partial charge in [0.05, 0.1) is 6.20 Å². The fraction of sp³-hybridized carbons (Fsp3) is 0.538. The van der Waals surface area contributed by atoms with Crippen LogP contribution in [0.2, 0.25) is 0 Å². The number of anilines is 2. The van der Waals surface area contributed by atoms with E-state index in [0.717, 1.165) is 36.3 Å². The summed E-state index contributed by atoms with van der Waals surface area (Å²) in [5.74, 6) is 2.71. The predicted molar refractivity (Wildman–Crippen MR) is 73.1 cm³/mol. The molecule has 2 aromatic rings. The smallest absolute Gasteiger partial charge is 0.180 e. The number of fused-ring (bicyclic) bond motifs is 1. The number of hydrogen-bond acceptors (Lipinski definition) is 4. The molecule has 3 rings (SSSR count). The summed E-state index contributed by atoms with van der Waals surface area (Å²) >= 11 is 0. The van der Waals surface area contributed by atoms with Crippen molar-refractivity contribution in [1.82, 2.24) is 14.4 Å². The Morgan fingerprint density at radius 1 is 1.33 bits per heavy atom. The third-order valence-corrected chi connectivity index (χ3v) is 3.70. The van der Waals surface area contributed by atoms with E-state index in [1.54, 1.807) is 0 Å². The van der Waals surface area contributed by atoms with Gasteiger partial charge in [-0.2, -0.15) is 0 Å². The van der Waals surface area contributed by atoms with Gasteiger partial charge < -0.3 is 14.6 Å². The van der Waals surface area contributed by atoms with Gasteiger partial charge in [-0.3, -0.25) is 0 Å². The quantitative estimate of drug-likeness (QED) is 0.879. The summed E-state index contributed by atoms with van der Waals surface area (Å²) in [6.45, 7) is 4.47. The summed E-state index contributed by atoms with van der Waals surface area (Å²) in [5.41, 5.74) is 0.948. The van der Waals surface area contributed by atoms with Gasteiger partial charge in [-0.05, 0) is 18.8 Å². The van der Waals surface area contributed by atoms with E-state index in [4.69, 9.17) is 0 Å². The highest BCUT2D eigenvalue weighted by molar-refractivity contribution is 5.66. The maximum atomic E-state index is 4.67. The number of rotatable bonds is 2. The lowest BCUT2D eigenvalue weighted by Crippen LogP contribution is -2.33. The SMILES string of the molecule is CNc1cn2ccnc2c(N2CCC(C)CC2)n1. The zero-order valence-electron chi connectivity index (χ0n) is 10.9. The number of piperidine rings is 1. The van der Waals surface area contributed by atoms with Gasteiger partial charge in [-0.25, -0.2) is 9.97 Å². The number of nitrogens with one attached hydrogen (secondary N) is 1. The maximum Gasteiger partial charge on any atom is 0.180 e. The van der Waals surface area contributed by atoms with Gasteiger partial charge >= 0.3 is 0 Å². The fourth-order valence-corrected chi connectivity index (χ4v) is 2.47. The number of nitrogens with zero attached hydrogens (tertiary/aromatic N) is 4. The zero-order chi connectivity index (χ0) is 12.5. The molecule has 0 spiro atoms.